The van der Waals surface area contributed by atoms with E-state index in [0.29, 0.717) is 12.2 Å². The first kappa shape index (κ1) is 21.0. The predicted octanol–water partition coefficient (Wildman–Crippen LogP) is 2.67. The molecule has 3 rings (SSSR count). The molecule has 2 aromatic heterocycles. The smallest absolute Gasteiger partial charge is 0.274 e. The van der Waals surface area contributed by atoms with E-state index in [2.05, 4.69) is 20.3 Å². The van der Waals surface area contributed by atoms with Gasteiger partial charge in [0.15, 0.2) is 0 Å². The summed E-state index contributed by atoms with van der Waals surface area (Å²) in [5.41, 5.74) is 2.58. The molecule has 0 bridgehead atoms. The minimum atomic E-state index is -0.350. The molecule has 3 aromatic rings. The summed E-state index contributed by atoms with van der Waals surface area (Å²) in [4.78, 5) is 38.9. The van der Waals surface area contributed by atoms with Gasteiger partial charge < -0.3 is 10.2 Å². The van der Waals surface area contributed by atoms with Gasteiger partial charge in [0.25, 0.3) is 5.91 Å². The van der Waals surface area contributed by atoms with Crippen LogP contribution in [0.5, 0.6) is 0 Å². The molecule has 1 aromatic carbocycles. The Hall–Kier alpha value is -3.68. The van der Waals surface area contributed by atoms with Crippen LogP contribution in [0, 0.1) is 12.7 Å². The van der Waals surface area contributed by atoms with Crippen molar-refractivity contribution in [2.75, 3.05) is 6.54 Å². The molecule has 0 radical (unpaired) electrons. The predicted molar refractivity (Wildman–Crippen MR) is 109 cm³/mol. The highest BCUT2D eigenvalue weighted by atomic mass is 19.1. The maximum absolute atomic E-state index is 13.2. The fourth-order valence-electron chi connectivity index (χ4n) is 2.75. The molecular formula is C22H22FN5O2. The summed E-state index contributed by atoms with van der Waals surface area (Å²) in [5.74, 6) is -0.871. The fraction of sp³-hybridized carbons (Fsp3) is 0.227. The van der Waals surface area contributed by atoms with Gasteiger partial charge in [-0.05, 0) is 42.3 Å². The Morgan fingerprint density at radius 2 is 1.73 bits per heavy atom. The van der Waals surface area contributed by atoms with Gasteiger partial charge in [0.05, 0.1) is 11.9 Å². The third-order valence-corrected chi connectivity index (χ3v) is 4.42. The topological polar surface area (TPSA) is 88.1 Å². The molecule has 0 unspecified atom stereocenters. The number of nitrogens with zero attached hydrogens (tertiary/aromatic N) is 4. The number of hydrogen-bond donors (Lipinski definition) is 1. The van der Waals surface area contributed by atoms with Crippen LogP contribution in [0.1, 0.15) is 33.7 Å². The zero-order chi connectivity index (χ0) is 21.3. The van der Waals surface area contributed by atoms with E-state index in [4.69, 9.17) is 0 Å². The molecule has 0 aliphatic carbocycles. The lowest BCUT2D eigenvalue weighted by Gasteiger charge is -2.22. The first-order valence-electron chi connectivity index (χ1n) is 9.49. The summed E-state index contributed by atoms with van der Waals surface area (Å²) in [6, 6.07) is 9.54. The van der Waals surface area contributed by atoms with Crippen molar-refractivity contribution in [3.63, 3.8) is 0 Å². The molecule has 1 N–H and O–H groups in total. The summed E-state index contributed by atoms with van der Waals surface area (Å²) in [6.45, 7) is 2.58. The number of amides is 2. The van der Waals surface area contributed by atoms with Gasteiger partial charge in [-0.15, -0.1) is 0 Å². The second-order valence-corrected chi connectivity index (χ2v) is 6.78. The van der Waals surface area contributed by atoms with Gasteiger partial charge in [-0.1, -0.05) is 12.1 Å². The average Bonchev–Trinajstić information content (AvgIpc) is 2.77. The zero-order valence-corrected chi connectivity index (χ0v) is 16.6. The second kappa shape index (κ2) is 10.2. The lowest BCUT2D eigenvalue weighted by molar-refractivity contribution is -0.121. The monoisotopic (exact) mass is 407 g/mol. The highest BCUT2D eigenvalue weighted by Gasteiger charge is 2.19. The van der Waals surface area contributed by atoms with Crippen molar-refractivity contribution in [3.05, 3.63) is 89.5 Å². The van der Waals surface area contributed by atoms with E-state index in [9.17, 15) is 14.0 Å². The Labute approximate surface area is 174 Å². The summed E-state index contributed by atoms with van der Waals surface area (Å²) < 4.78 is 13.2. The second-order valence-electron chi connectivity index (χ2n) is 6.78. The lowest BCUT2D eigenvalue weighted by atomic mass is 10.2. The third kappa shape index (κ3) is 6.16. The number of rotatable bonds is 8. The van der Waals surface area contributed by atoms with Crippen LogP contribution in [-0.2, 0) is 17.9 Å². The van der Waals surface area contributed by atoms with Gasteiger partial charge >= 0.3 is 0 Å². The maximum atomic E-state index is 13.2. The number of halogens is 1. The first-order chi connectivity index (χ1) is 14.5. The van der Waals surface area contributed by atoms with Crippen LogP contribution in [0.2, 0.25) is 0 Å². The minimum Gasteiger partial charge on any atom is -0.352 e. The largest absolute Gasteiger partial charge is 0.352 e. The van der Waals surface area contributed by atoms with Crippen molar-refractivity contribution in [1.82, 2.24) is 25.2 Å². The Morgan fingerprint density at radius 1 is 1.00 bits per heavy atom. The van der Waals surface area contributed by atoms with Crippen molar-refractivity contribution >= 4 is 11.8 Å². The van der Waals surface area contributed by atoms with Crippen LogP contribution in [0.15, 0.2) is 61.2 Å². The Balaban J connectivity index is 1.65. The van der Waals surface area contributed by atoms with Crippen molar-refractivity contribution in [2.45, 2.75) is 26.4 Å². The quantitative estimate of drug-likeness (QED) is 0.620. The van der Waals surface area contributed by atoms with Crippen LogP contribution in [0.4, 0.5) is 4.39 Å². The van der Waals surface area contributed by atoms with E-state index in [-0.39, 0.29) is 42.8 Å². The molecule has 2 amide bonds. The van der Waals surface area contributed by atoms with Crippen molar-refractivity contribution < 1.29 is 14.0 Å². The van der Waals surface area contributed by atoms with E-state index in [0.717, 1.165) is 11.1 Å². The normalized spacial score (nSPS) is 10.5. The van der Waals surface area contributed by atoms with Gasteiger partial charge in [-0.25, -0.2) is 9.37 Å². The van der Waals surface area contributed by atoms with Gasteiger partial charge in [0.2, 0.25) is 5.91 Å². The van der Waals surface area contributed by atoms with E-state index in [1.54, 1.807) is 31.5 Å². The molecule has 0 saturated carbocycles. The van der Waals surface area contributed by atoms with Crippen LogP contribution in [0.3, 0.4) is 0 Å². The van der Waals surface area contributed by atoms with Crippen LogP contribution in [-0.4, -0.2) is 38.2 Å². The Morgan fingerprint density at radius 3 is 2.40 bits per heavy atom. The molecule has 154 valence electrons. The Bertz CT molecular complexity index is 979. The fourth-order valence-corrected chi connectivity index (χ4v) is 2.75. The highest BCUT2D eigenvalue weighted by Crippen LogP contribution is 2.11. The SMILES string of the molecule is Cc1cnc(C(=O)N(CCC(=O)NCc2ccncc2)Cc2ccc(F)cc2)cn1. The molecule has 8 heteroatoms. The number of nitrogens with one attached hydrogen (secondary N) is 1. The number of aromatic nitrogens is 3. The third-order valence-electron chi connectivity index (χ3n) is 4.42. The summed E-state index contributed by atoms with van der Waals surface area (Å²) in [7, 11) is 0. The molecule has 0 aliphatic rings. The maximum Gasteiger partial charge on any atom is 0.274 e. The summed E-state index contributed by atoms with van der Waals surface area (Å²) in [6.07, 6.45) is 6.38. The molecule has 2 heterocycles. The number of carbonyl (C=O) groups excluding carboxylic acids is 2. The van der Waals surface area contributed by atoms with E-state index < -0.39 is 0 Å². The summed E-state index contributed by atoms with van der Waals surface area (Å²) in [5, 5.41) is 2.83. The van der Waals surface area contributed by atoms with Crippen molar-refractivity contribution in [2.24, 2.45) is 0 Å². The first-order valence-corrected chi connectivity index (χ1v) is 9.49. The van der Waals surface area contributed by atoms with E-state index in [1.165, 1.54) is 29.4 Å². The Kier molecular flexibility index (Phi) is 7.15. The van der Waals surface area contributed by atoms with Crippen molar-refractivity contribution in [1.29, 1.82) is 0 Å². The van der Waals surface area contributed by atoms with Gasteiger partial charge in [0.1, 0.15) is 11.5 Å². The van der Waals surface area contributed by atoms with Crippen LogP contribution in [0.25, 0.3) is 0 Å². The van der Waals surface area contributed by atoms with Crippen LogP contribution >= 0.6 is 0 Å². The number of hydrogen-bond acceptors (Lipinski definition) is 5. The van der Waals surface area contributed by atoms with E-state index in [1.807, 2.05) is 12.1 Å². The molecule has 0 aliphatic heterocycles. The van der Waals surface area contributed by atoms with Crippen molar-refractivity contribution in [3.8, 4) is 0 Å². The van der Waals surface area contributed by atoms with Crippen LogP contribution < -0.4 is 5.32 Å². The van der Waals surface area contributed by atoms with E-state index >= 15 is 0 Å². The molecule has 7 nitrogen and oxygen atoms in total. The molecule has 0 saturated heterocycles. The standard InChI is InChI=1S/C22H22FN5O2/c1-16-12-26-20(14-25-16)22(30)28(15-18-2-4-19(23)5-3-18)11-8-21(29)27-13-17-6-9-24-10-7-17/h2-7,9-10,12,14H,8,11,13,15H2,1H3,(H,27,29). The molecule has 0 spiro atoms. The summed E-state index contributed by atoms with van der Waals surface area (Å²) >= 11 is 0. The molecule has 30 heavy (non-hydrogen) atoms. The molecule has 0 atom stereocenters. The highest BCUT2D eigenvalue weighted by molar-refractivity contribution is 5.92. The van der Waals surface area contributed by atoms with Gasteiger partial charge in [-0.2, -0.15) is 0 Å². The minimum absolute atomic E-state index is 0.122. The average molecular weight is 407 g/mol. The number of carbonyl (C=O) groups is 2. The molecule has 0 fully saturated rings. The van der Waals surface area contributed by atoms with Gasteiger partial charge in [0, 0.05) is 44.6 Å². The lowest BCUT2D eigenvalue weighted by Crippen LogP contribution is -2.35. The number of pyridine rings is 1. The number of aryl methyl sites for hydroxylation is 1. The van der Waals surface area contributed by atoms with Gasteiger partial charge in [-0.3, -0.25) is 19.6 Å². The number of benzene rings is 1. The molecular weight excluding hydrogens is 385 g/mol. The zero-order valence-electron chi connectivity index (χ0n) is 16.6.